The molecule has 2 heterocycles. The predicted octanol–water partition coefficient (Wildman–Crippen LogP) is 5.93. The number of carbonyl (C=O) groups excluding carboxylic acids is 1. The number of benzene rings is 2. The van der Waals surface area contributed by atoms with Crippen molar-refractivity contribution in [1.82, 2.24) is 15.1 Å². The minimum Gasteiger partial charge on any atom is -0.461 e. The maximum absolute atomic E-state index is 13.7. The first kappa shape index (κ1) is 23.4. The molecule has 0 amide bonds. The third-order valence-corrected chi connectivity index (χ3v) is 8.96. The van der Waals surface area contributed by atoms with Gasteiger partial charge in [0, 0.05) is 11.0 Å². The van der Waals surface area contributed by atoms with Crippen LogP contribution in [0.1, 0.15) is 69.2 Å². The van der Waals surface area contributed by atoms with E-state index >= 15 is 0 Å². The van der Waals surface area contributed by atoms with Crippen molar-refractivity contribution in [2.75, 3.05) is 13.1 Å². The van der Waals surface area contributed by atoms with Gasteiger partial charge in [-0.25, -0.2) is 0 Å². The largest absolute Gasteiger partial charge is 0.461 e. The first-order chi connectivity index (χ1) is 17.7. The van der Waals surface area contributed by atoms with Gasteiger partial charge in [-0.3, -0.25) is 9.69 Å². The molecule has 0 radical (unpaired) electrons. The van der Waals surface area contributed by atoms with Gasteiger partial charge in [-0.15, -0.1) is 10.2 Å². The number of piperidine rings is 1. The zero-order valence-electron chi connectivity index (χ0n) is 20.9. The lowest BCUT2D eigenvalue weighted by Crippen LogP contribution is -2.55. The predicted molar refractivity (Wildman–Crippen MR) is 137 cm³/mol. The molecular formula is C30H35N3O3. The molecule has 6 nitrogen and oxygen atoms in total. The van der Waals surface area contributed by atoms with Crippen LogP contribution in [0.25, 0.3) is 11.5 Å². The Morgan fingerprint density at radius 2 is 1.58 bits per heavy atom. The maximum atomic E-state index is 13.7. The summed E-state index contributed by atoms with van der Waals surface area (Å²) >= 11 is 0. The summed E-state index contributed by atoms with van der Waals surface area (Å²) in [5, 5.41) is 8.50. The number of rotatable bonds is 6. The zero-order chi connectivity index (χ0) is 24.4. The maximum Gasteiger partial charge on any atom is 0.316 e. The Hall–Kier alpha value is -2.99. The van der Waals surface area contributed by atoms with Gasteiger partial charge in [0.2, 0.25) is 11.8 Å². The van der Waals surface area contributed by atoms with E-state index in [4.69, 9.17) is 9.15 Å². The summed E-state index contributed by atoms with van der Waals surface area (Å²) in [4.78, 5) is 16.1. The second kappa shape index (κ2) is 9.81. The number of hydrogen-bond acceptors (Lipinski definition) is 6. The van der Waals surface area contributed by atoms with Crippen LogP contribution in [0.4, 0.5) is 0 Å². The van der Waals surface area contributed by atoms with E-state index in [0.29, 0.717) is 18.3 Å². The van der Waals surface area contributed by atoms with Crippen LogP contribution in [0.5, 0.6) is 0 Å². The lowest BCUT2D eigenvalue weighted by molar-refractivity contribution is -0.183. The topological polar surface area (TPSA) is 68.5 Å². The van der Waals surface area contributed by atoms with Crippen LogP contribution in [0, 0.1) is 5.41 Å². The third kappa shape index (κ3) is 4.36. The molecule has 188 valence electrons. The van der Waals surface area contributed by atoms with Crippen LogP contribution in [0.3, 0.4) is 0 Å². The first-order valence-electron chi connectivity index (χ1n) is 13.5. The fourth-order valence-corrected chi connectivity index (χ4v) is 6.55. The lowest BCUT2D eigenvalue weighted by Gasteiger charge is -2.53. The molecule has 6 rings (SSSR count). The first-order valence-corrected chi connectivity index (χ1v) is 13.5. The molecule has 3 aromatic rings. The minimum absolute atomic E-state index is 0.0132. The van der Waals surface area contributed by atoms with E-state index in [0.717, 1.165) is 75.6 Å². The molecule has 1 aromatic heterocycles. The molecule has 1 spiro atoms. The summed E-state index contributed by atoms with van der Waals surface area (Å²) in [6.07, 6.45) is 9.47. The van der Waals surface area contributed by atoms with Gasteiger partial charge in [0.25, 0.3) is 0 Å². The molecular weight excluding hydrogens is 450 g/mol. The normalized spacial score (nSPS) is 23.2. The van der Waals surface area contributed by atoms with Crippen molar-refractivity contribution in [3.63, 3.8) is 0 Å². The molecule has 36 heavy (non-hydrogen) atoms. The van der Waals surface area contributed by atoms with Gasteiger partial charge >= 0.3 is 5.97 Å². The van der Waals surface area contributed by atoms with Crippen molar-refractivity contribution in [1.29, 1.82) is 0 Å². The second-order valence-electron chi connectivity index (χ2n) is 10.9. The average molecular weight is 486 g/mol. The number of esters is 1. The van der Waals surface area contributed by atoms with Crippen LogP contribution < -0.4 is 0 Å². The van der Waals surface area contributed by atoms with Gasteiger partial charge in [-0.1, -0.05) is 67.8 Å². The third-order valence-electron chi connectivity index (χ3n) is 8.96. The molecule has 1 atom stereocenters. The summed E-state index contributed by atoms with van der Waals surface area (Å²) < 4.78 is 12.3. The number of nitrogens with zero attached hydrogens (tertiary/aromatic N) is 3. The Morgan fingerprint density at radius 3 is 2.25 bits per heavy atom. The van der Waals surface area contributed by atoms with Gasteiger partial charge in [-0.2, -0.15) is 0 Å². The summed E-state index contributed by atoms with van der Waals surface area (Å²) in [5.41, 5.74) is 1.74. The Morgan fingerprint density at radius 1 is 0.889 bits per heavy atom. The fraction of sp³-hybridized carbons (Fsp3) is 0.500. The highest BCUT2D eigenvalue weighted by molar-refractivity contribution is 5.83. The summed E-state index contributed by atoms with van der Waals surface area (Å²) in [6, 6.07) is 20.2. The average Bonchev–Trinajstić information content (AvgIpc) is 3.41. The molecule has 2 aromatic carbocycles. The highest BCUT2D eigenvalue weighted by atomic mass is 16.5. The van der Waals surface area contributed by atoms with Crippen LogP contribution in [-0.4, -0.2) is 40.3 Å². The van der Waals surface area contributed by atoms with Crippen LogP contribution in [0.2, 0.25) is 0 Å². The molecule has 3 fully saturated rings. The Bertz CT molecular complexity index is 1160. The number of hydrogen-bond donors (Lipinski definition) is 0. The number of aromatic nitrogens is 2. The smallest absolute Gasteiger partial charge is 0.316 e. The van der Waals surface area contributed by atoms with Gasteiger partial charge in [0.1, 0.15) is 6.10 Å². The molecule has 0 unspecified atom stereocenters. The van der Waals surface area contributed by atoms with E-state index in [1.807, 2.05) is 48.5 Å². The fourth-order valence-electron chi connectivity index (χ4n) is 6.55. The van der Waals surface area contributed by atoms with E-state index in [9.17, 15) is 4.79 Å². The molecule has 6 heteroatoms. The van der Waals surface area contributed by atoms with Crippen molar-refractivity contribution >= 4 is 5.97 Å². The SMILES string of the molecule is O=C(O[C@H]1CCC12CCN(Cc1nnc(-c3ccccc3)o1)CC2)C1(c2ccccc2)CCCCC1. The highest BCUT2D eigenvalue weighted by Gasteiger charge is 2.53. The van der Waals surface area contributed by atoms with E-state index in [-0.39, 0.29) is 17.5 Å². The van der Waals surface area contributed by atoms with Crippen molar-refractivity contribution in [3.8, 4) is 11.5 Å². The van der Waals surface area contributed by atoms with Crippen LogP contribution >= 0.6 is 0 Å². The number of likely N-dealkylation sites (tertiary alicyclic amines) is 1. The Kier molecular flexibility index (Phi) is 6.38. The molecule has 1 saturated heterocycles. The second-order valence-corrected chi connectivity index (χ2v) is 10.9. The number of ether oxygens (including phenoxy) is 1. The van der Waals surface area contributed by atoms with E-state index in [1.54, 1.807) is 0 Å². The van der Waals surface area contributed by atoms with Crippen molar-refractivity contribution < 1.29 is 13.9 Å². The van der Waals surface area contributed by atoms with Gasteiger partial charge < -0.3 is 9.15 Å². The zero-order valence-corrected chi connectivity index (χ0v) is 20.9. The van der Waals surface area contributed by atoms with Crippen LogP contribution in [0.15, 0.2) is 65.1 Å². The van der Waals surface area contributed by atoms with E-state index in [2.05, 4.69) is 27.2 Å². The van der Waals surface area contributed by atoms with Crippen molar-refractivity contribution in [2.24, 2.45) is 5.41 Å². The van der Waals surface area contributed by atoms with Crippen molar-refractivity contribution in [2.45, 2.75) is 75.9 Å². The lowest BCUT2D eigenvalue weighted by atomic mass is 9.60. The summed E-state index contributed by atoms with van der Waals surface area (Å²) in [6.45, 7) is 2.58. The molecule has 0 N–H and O–H groups in total. The van der Waals surface area contributed by atoms with Crippen LogP contribution in [-0.2, 0) is 21.5 Å². The quantitative estimate of drug-likeness (QED) is 0.403. The Balaban J connectivity index is 1.07. The van der Waals surface area contributed by atoms with Gasteiger partial charge in [0.15, 0.2) is 0 Å². The molecule has 3 aliphatic rings. The summed E-state index contributed by atoms with van der Waals surface area (Å²) in [5.74, 6) is 1.24. The Labute approximate surface area is 213 Å². The van der Waals surface area contributed by atoms with Crippen molar-refractivity contribution in [3.05, 3.63) is 72.1 Å². The molecule has 1 aliphatic heterocycles. The number of carbonyl (C=O) groups is 1. The summed E-state index contributed by atoms with van der Waals surface area (Å²) in [7, 11) is 0. The molecule has 0 bridgehead atoms. The van der Waals surface area contributed by atoms with E-state index < -0.39 is 5.41 Å². The molecule has 2 saturated carbocycles. The monoisotopic (exact) mass is 485 g/mol. The minimum atomic E-state index is -0.467. The highest BCUT2D eigenvalue weighted by Crippen LogP contribution is 2.52. The van der Waals surface area contributed by atoms with E-state index in [1.165, 1.54) is 6.42 Å². The molecule has 2 aliphatic carbocycles. The van der Waals surface area contributed by atoms with Gasteiger partial charge in [0.05, 0.1) is 12.0 Å². The standard InChI is InChI=1S/C30H35N3O3/c34-28(30(15-8-3-9-16-30)24-12-6-2-7-13-24)35-25-14-17-29(25)18-20-33(21-19-29)22-26-31-32-27(36-26)23-10-4-1-5-11-23/h1-2,4-7,10-13,25H,3,8-9,14-22H2/t25-/m0/s1. The van der Waals surface area contributed by atoms with Gasteiger partial charge in [-0.05, 0) is 69.3 Å².